The molecule has 2 aromatic carbocycles. The summed E-state index contributed by atoms with van der Waals surface area (Å²) in [5.41, 5.74) is 5.70. The Balaban J connectivity index is 2.38. The molecule has 0 unspecified atom stereocenters. The van der Waals surface area contributed by atoms with Crippen molar-refractivity contribution in [3.05, 3.63) is 69.5 Å². The summed E-state index contributed by atoms with van der Waals surface area (Å²) in [6, 6.07) is 9.53. The lowest BCUT2D eigenvalue weighted by Crippen LogP contribution is -2.28. The third kappa shape index (κ3) is 3.59. The Morgan fingerprint density at radius 2 is 1.96 bits per heavy atom. The first-order valence-corrected chi connectivity index (χ1v) is 6.42. The van der Waals surface area contributed by atoms with E-state index in [0.29, 0.717) is 5.56 Å². The number of non-ortho nitro benzene ring substituents is 1. The molecule has 116 valence electrons. The van der Waals surface area contributed by atoms with Crippen molar-refractivity contribution in [1.82, 2.24) is 0 Å². The number of amides is 1. The molecule has 2 rings (SSSR count). The molecule has 0 aliphatic rings. The molecule has 1 atom stereocenters. The van der Waals surface area contributed by atoms with Crippen molar-refractivity contribution in [3.63, 3.8) is 0 Å². The molecule has 2 aromatic rings. The van der Waals surface area contributed by atoms with E-state index in [1.54, 1.807) is 0 Å². The van der Waals surface area contributed by atoms with E-state index in [2.05, 4.69) is 5.32 Å². The number of halogens is 1. The maximum atomic E-state index is 13.0. The number of nitrogens with zero attached hydrogens (tertiary/aromatic N) is 2. The number of nitriles is 1. The van der Waals surface area contributed by atoms with Crippen LogP contribution in [-0.4, -0.2) is 10.8 Å². The molecule has 0 heterocycles. The standard InChI is InChI=1S/C15H11FN4O3/c16-11-3-1-9(2-4-11)14(15(18)21)19-13-6-5-12(20(22)23)7-10(13)8-17/h1-7,14,19H,(H2,18,21)/t14-/m0/s1. The average molecular weight is 314 g/mol. The second-order valence-electron chi connectivity index (χ2n) is 4.63. The number of carbonyl (C=O) groups excluding carboxylic acids is 1. The highest BCUT2D eigenvalue weighted by atomic mass is 19.1. The van der Waals surface area contributed by atoms with Crippen molar-refractivity contribution < 1.29 is 14.1 Å². The van der Waals surface area contributed by atoms with E-state index in [0.717, 1.165) is 6.07 Å². The van der Waals surface area contributed by atoms with Crippen LogP contribution in [0.5, 0.6) is 0 Å². The number of rotatable bonds is 5. The molecule has 0 saturated heterocycles. The SMILES string of the molecule is N#Cc1cc([N+](=O)[O-])ccc1N[C@H](C(N)=O)c1ccc(F)cc1. The van der Waals surface area contributed by atoms with Crippen LogP contribution in [-0.2, 0) is 4.79 Å². The summed E-state index contributed by atoms with van der Waals surface area (Å²) in [4.78, 5) is 21.7. The van der Waals surface area contributed by atoms with Crippen LogP contribution in [0.3, 0.4) is 0 Å². The fraction of sp³-hybridized carbons (Fsp3) is 0.0667. The largest absolute Gasteiger partial charge is 0.369 e. The molecule has 0 radical (unpaired) electrons. The monoisotopic (exact) mass is 314 g/mol. The Morgan fingerprint density at radius 3 is 2.48 bits per heavy atom. The quantitative estimate of drug-likeness (QED) is 0.647. The first-order valence-electron chi connectivity index (χ1n) is 6.42. The summed E-state index contributed by atoms with van der Waals surface area (Å²) in [6.45, 7) is 0. The van der Waals surface area contributed by atoms with Crippen LogP contribution in [0, 0.1) is 27.3 Å². The van der Waals surface area contributed by atoms with Gasteiger partial charge in [0.25, 0.3) is 5.69 Å². The third-order valence-electron chi connectivity index (χ3n) is 3.12. The van der Waals surface area contributed by atoms with Crippen molar-refractivity contribution in [3.8, 4) is 6.07 Å². The lowest BCUT2D eigenvalue weighted by atomic mass is 10.0. The summed E-state index contributed by atoms with van der Waals surface area (Å²) >= 11 is 0. The molecule has 0 fully saturated rings. The van der Waals surface area contributed by atoms with Gasteiger partial charge in [-0.05, 0) is 23.8 Å². The molecule has 0 saturated carbocycles. The van der Waals surface area contributed by atoms with Gasteiger partial charge < -0.3 is 11.1 Å². The third-order valence-corrected chi connectivity index (χ3v) is 3.12. The molecule has 0 spiro atoms. The molecular formula is C15H11FN4O3. The zero-order chi connectivity index (χ0) is 17.0. The molecule has 0 bridgehead atoms. The number of benzene rings is 2. The molecular weight excluding hydrogens is 303 g/mol. The highest BCUT2D eigenvalue weighted by molar-refractivity contribution is 5.85. The van der Waals surface area contributed by atoms with Gasteiger partial charge in [-0.2, -0.15) is 5.26 Å². The van der Waals surface area contributed by atoms with Gasteiger partial charge >= 0.3 is 0 Å². The van der Waals surface area contributed by atoms with Gasteiger partial charge in [0.15, 0.2) is 0 Å². The summed E-state index contributed by atoms with van der Waals surface area (Å²) in [5.74, 6) is -1.20. The van der Waals surface area contributed by atoms with E-state index in [-0.39, 0.29) is 16.9 Å². The maximum absolute atomic E-state index is 13.0. The van der Waals surface area contributed by atoms with Crippen LogP contribution in [0.25, 0.3) is 0 Å². The lowest BCUT2D eigenvalue weighted by Gasteiger charge is -2.18. The van der Waals surface area contributed by atoms with E-state index in [4.69, 9.17) is 11.0 Å². The summed E-state index contributed by atoms with van der Waals surface area (Å²) in [7, 11) is 0. The minimum atomic E-state index is -1.01. The second-order valence-corrected chi connectivity index (χ2v) is 4.63. The van der Waals surface area contributed by atoms with Gasteiger partial charge in [-0.15, -0.1) is 0 Å². The number of anilines is 1. The molecule has 7 nitrogen and oxygen atoms in total. The number of primary amides is 1. The van der Waals surface area contributed by atoms with Gasteiger partial charge in [0.1, 0.15) is 17.9 Å². The molecule has 8 heteroatoms. The van der Waals surface area contributed by atoms with Gasteiger partial charge in [0.05, 0.1) is 16.2 Å². The zero-order valence-electron chi connectivity index (χ0n) is 11.7. The predicted molar refractivity (Wildman–Crippen MR) is 79.8 cm³/mol. The molecule has 0 aromatic heterocycles. The van der Waals surface area contributed by atoms with Gasteiger partial charge in [-0.1, -0.05) is 12.1 Å². The van der Waals surface area contributed by atoms with Crippen LogP contribution in [0.1, 0.15) is 17.2 Å². The van der Waals surface area contributed by atoms with Crippen molar-refractivity contribution in [2.45, 2.75) is 6.04 Å². The Morgan fingerprint density at radius 1 is 1.30 bits per heavy atom. The van der Waals surface area contributed by atoms with Crippen molar-refractivity contribution in [2.75, 3.05) is 5.32 Å². The molecule has 0 aliphatic heterocycles. The first-order chi connectivity index (χ1) is 10.9. The average Bonchev–Trinajstić information content (AvgIpc) is 2.53. The minimum Gasteiger partial charge on any atom is -0.369 e. The Bertz CT molecular complexity index is 799. The Hall–Kier alpha value is -3.47. The Labute approximate surface area is 130 Å². The number of hydrogen-bond acceptors (Lipinski definition) is 5. The van der Waals surface area contributed by atoms with Crippen molar-refractivity contribution in [1.29, 1.82) is 5.26 Å². The number of nitro benzene ring substituents is 1. The smallest absolute Gasteiger partial charge is 0.270 e. The van der Waals surface area contributed by atoms with Gasteiger partial charge in [-0.3, -0.25) is 14.9 Å². The summed E-state index contributed by atoms with van der Waals surface area (Å²) < 4.78 is 13.0. The maximum Gasteiger partial charge on any atom is 0.270 e. The number of nitro groups is 1. The number of hydrogen-bond donors (Lipinski definition) is 2. The second kappa shape index (κ2) is 6.53. The lowest BCUT2D eigenvalue weighted by molar-refractivity contribution is -0.384. The van der Waals surface area contributed by atoms with Gasteiger partial charge in [0, 0.05) is 12.1 Å². The number of carbonyl (C=O) groups is 1. The van der Waals surface area contributed by atoms with E-state index in [1.807, 2.05) is 6.07 Å². The van der Waals surface area contributed by atoms with Crippen LogP contribution < -0.4 is 11.1 Å². The van der Waals surface area contributed by atoms with E-state index < -0.39 is 22.7 Å². The van der Waals surface area contributed by atoms with Gasteiger partial charge in [-0.25, -0.2) is 4.39 Å². The normalized spacial score (nSPS) is 11.3. The van der Waals surface area contributed by atoms with E-state index in [9.17, 15) is 19.3 Å². The van der Waals surface area contributed by atoms with Crippen molar-refractivity contribution in [2.24, 2.45) is 5.73 Å². The summed E-state index contributed by atoms with van der Waals surface area (Å²) in [6.07, 6.45) is 0. The summed E-state index contributed by atoms with van der Waals surface area (Å²) in [5, 5.41) is 22.6. The van der Waals surface area contributed by atoms with E-state index in [1.165, 1.54) is 36.4 Å². The minimum absolute atomic E-state index is 0.00689. The molecule has 3 N–H and O–H groups in total. The van der Waals surface area contributed by atoms with Gasteiger partial charge in [0.2, 0.25) is 5.91 Å². The fourth-order valence-electron chi connectivity index (χ4n) is 1.99. The molecule has 1 amide bonds. The Kier molecular flexibility index (Phi) is 4.52. The topological polar surface area (TPSA) is 122 Å². The molecule has 23 heavy (non-hydrogen) atoms. The zero-order valence-corrected chi connectivity index (χ0v) is 11.7. The number of nitrogens with two attached hydrogens (primary N) is 1. The fourth-order valence-corrected chi connectivity index (χ4v) is 1.99. The number of nitrogens with one attached hydrogen (secondary N) is 1. The highest BCUT2D eigenvalue weighted by Crippen LogP contribution is 2.26. The van der Waals surface area contributed by atoms with Crippen LogP contribution in [0.4, 0.5) is 15.8 Å². The van der Waals surface area contributed by atoms with E-state index >= 15 is 0 Å². The predicted octanol–water partition coefficient (Wildman–Crippen LogP) is 2.24. The van der Waals surface area contributed by atoms with Crippen LogP contribution in [0.15, 0.2) is 42.5 Å². The first kappa shape index (κ1) is 15.9. The molecule has 0 aliphatic carbocycles. The van der Waals surface area contributed by atoms with Crippen molar-refractivity contribution >= 4 is 17.3 Å². The van der Waals surface area contributed by atoms with Crippen LogP contribution >= 0.6 is 0 Å². The van der Waals surface area contributed by atoms with Crippen LogP contribution in [0.2, 0.25) is 0 Å². The highest BCUT2D eigenvalue weighted by Gasteiger charge is 2.20.